The molecule has 3 aliphatic heterocycles. The predicted molar refractivity (Wildman–Crippen MR) is 132 cm³/mol. The van der Waals surface area contributed by atoms with E-state index in [4.69, 9.17) is 9.40 Å². The van der Waals surface area contributed by atoms with Gasteiger partial charge in [-0.2, -0.15) is 4.68 Å². The van der Waals surface area contributed by atoms with Crippen molar-refractivity contribution in [2.45, 2.75) is 49.6 Å². The van der Waals surface area contributed by atoms with Gasteiger partial charge < -0.3 is 8.98 Å². The van der Waals surface area contributed by atoms with Crippen LogP contribution in [-0.4, -0.2) is 29.5 Å². The van der Waals surface area contributed by atoms with Crippen LogP contribution in [0.5, 0.6) is 0 Å². The molecule has 10 heteroatoms. The summed E-state index contributed by atoms with van der Waals surface area (Å²) in [5.74, 6) is 1.57. The van der Waals surface area contributed by atoms with Crippen LogP contribution in [-0.2, 0) is 13.0 Å². The summed E-state index contributed by atoms with van der Waals surface area (Å²) in [5, 5.41) is 15.8. The second-order valence-electron chi connectivity index (χ2n) is 8.24. The molecular weight excluding hydrogens is 468 g/mol. The van der Waals surface area contributed by atoms with Crippen molar-refractivity contribution in [3.05, 3.63) is 69.8 Å². The van der Waals surface area contributed by atoms with Crippen LogP contribution in [0, 0.1) is 0 Å². The van der Waals surface area contributed by atoms with Crippen molar-refractivity contribution in [2.24, 2.45) is 0 Å². The van der Waals surface area contributed by atoms with Gasteiger partial charge in [0.05, 0.1) is 15.8 Å². The second-order valence-corrected chi connectivity index (χ2v) is 10.5. The lowest BCUT2D eigenvalue weighted by Gasteiger charge is -2.18. The highest BCUT2D eigenvalue weighted by atomic mass is 32.2. The lowest BCUT2D eigenvalue weighted by molar-refractivity contribution is 0.508. The third kappa shape index (κ3) is 3.76. The summed E-state index contributed by atoms with van der Waals surface area (Å²) in [6.07, 6.45) is 4.05. The fourth-order valence-electron chi connectivity index (χ4n) is 4.29. The van der Waals surface area contributed by atoms with Crippen LogP contribution < -0.4 is 5.56 Å². The highest BCUT2D eigenvalue weighted by molar-refractivity contribution is 7.99. The molecule has 1 atom stereocenters. The summed E-state index contributed by atoms with van der Waals surface area (Å²) in [6.45, 7) is 2.86. The molecule has 1 aromatic carbocycles. The van der Waals surface area contributed by atoms with E-state index in [-0.39, 0.29) is 10.8 Å². The predicted octanol–water partition coefficient (Wildman–Crippen LogP) is 5.23. The van der Waals surface area contributed by atoms with Crippen molar-refractivity contribution in [2.75, 3.05) is 0 Å². The van der Waals surface area contributed by atoms with Crippen LogP contribution in [0.3, 0.4) is 0 Å². The number of hydrogen-bond acceptors (Lipinski definition) is 8. The molecule has 0 amide bonds. The normalized spacial score (nSPS) is 14.7. The maximum atomic E-state index is 13.4. The van der Waals surface area contributed by atoms with E-state index in [1.165, 1.54) is 4.68 Å². The topological polar surface area (TPSA) is 91.6 Å². The summed E-state index contributed by atoms with van der Waals surface area (Å²) in [4.78, 5) is 19.2. The Hall–Kier alpha value is -3.24. The smallest absolute Gasteiger partial charge is 0.284 e. The van der Waals surface area contributed by atoms with Gasteiger partial charge in [-0.1, -0.05) is 42.4 Å². The summed E-state index contributed by atoms with van der Waals surface area (Å²) < 4.78 is 9.62. The fraction of sp³-hybridized carbons (Fsp3) is 0.292. The fourth-order valence-corrected chi connectivity index (χ4v) is 5.92. The molecule has 0 spiro atoms. The van der Waals surface area contributed by atoms with E-state index in [0.29, 0.717) is 23.2 Å². The van der Waals surface area contributed by atoms with Crippen molar-refractivity contribution in [1.82, 2.24) is 29.5 Å². The zero-order chi connectivity index (χ0) is 23.1. The molecule has 0 fully saturated rings. The molecule has 34 heavy (non-hydrogen) atoms. The number of thioether (sulfide) groups is 1. The van der Waals surface area contributed by atoms with Crippen LogP contribution in [0.25, 0.3) is 27.8 Å². The van der Waals surface area contributed by atoms with E-state index in [1.807, 2.05) is 54.8 Å². The zero-order valence-corrected chi connectivity index (χ0v) is 20.2. The number of aromatic nitrogens is 6. The van der Waals surface area contributed by atoms with Crippen molar-refractivity contribution < 1.29 is 4.42 Å². The van der Waals surface area contributed by atoms with Gasteiger partial charge >= 0.3 is 0 Å². The van der Waals surface area contributed by atoms with Crippen molar-refractivity contribution >= 4 is 23.1 Å². The molecule has 0 saturated carbocycles. The molecule has 2 aromatic heterocycles. The quantitative estimate of drug-likeness (QED) is 0.246. The largest absolute Gasteiger partial charge is 0.419 e. The van der Waals surface area contributed by atoms with Crippen LogP contribution in [0.2, 0.25) is 0 Å². The number of hydrogen-bond donors (Lipinski definition) is 0. The third-order valence-corrected chi connectivity index (χ3v) is 7.91. The molecule has 3 aliphatic rings. The number of rotatable bonds is 5. The Morgan fingerprint density at radius 2 is 1.97 bits per heavy atom. The lowest BCUT2D eigenvalue weighted by Crippen LogP contribution is -2.19. The van der Waals surface area contributed by atoms with Crippen LogP contribution in [0.1, 0.15) is 43.0 Å². The number of fused-ring (bicyclic) bond motifs is 3. The van der Waals surface area contributed by atoms with E-state index < -0.39 is 0 Å². The van der Waals surface area contributed by atoms with E-state index in [0.717, 1.165) is 53.6 Å². The number of para-hydroxylation sites is 1. The number of nitrogens with zero attached hydrogens (tertiary/aromatic N) is 6. The third-order valence-electron chi connectivity index (χ3n) is 5.97. The molecular formula is C24H22N6O2S2. The Morgan fingerprint density at radius 3 is 2.79 bits per heavy atom. The first-order valence-electron chi connectivity index (χ1n) is 11.3. The highest BCUT2D eigenvalue weighted by Gasteiger charge is 2.28. The Labute approximate surface area is 204 Å². The van der Waals surface area contributed by atoms with Gasteiger partial charge in [0.1, 0.15) is 5.56 Å². The van der Waals surface area contributed by atoms with Crippen LogP contribution in [0.15, 0.2) is 62.2 Å². The van der Waals surface area contributed by atoms with Gasteiger partial charge in [-0.05, 0) is 49.8 Å². The molecule has 6 rings (SSSR count). The molecule has 0 saturated heterocycles. The van der Waals surface area contributed by atoms with E-state index in [2.05, 4.69) is 19.9 Å². The van der Waals surface area contributed by atoms with Gasteiger partial charge in [0.25, 0.3) is 11.4 Å². The molecule has 172 valence electrons. The molecule has 0 bridgehead atoms. The summed E-state index contributed by atoms with van der Waals surface area (Å²) in [6, 6.07) is 13.4. The minimum atomic E-state index is -0.110. The molecule has 8 nitrogen and oxygen atoms in total. The van der Waals surface area contributed by atoms with E-state index in [9.17, 15) is 4.79 Å². The van der Waals surface area contributed by atoms with Crippen molar-refractivity contribution in [1.29, 1.82) is 0 Å². The van der Waals surface area contributed by atoms with Gasteiger partial charge in [0, 0.05) is 12.2 Å². The van der Waals surface area contributed by atoms with Gasteiger partial charge in [-0.3, -0.25) is 4.79 Å². The zero-order valence-electron chi connectivity index (χ0n) is 18.5. The monoisotopic (exact) mass is 490 g/mol. The standard InChI is InChI=1S/C24H22N6O2S2/c1-15(21-26-27-22(32-21)18-12-8-14-33-18)34-24-25-20-19(17-11-6-3-7-13-29(17)24)23(31)30(28-20)16-9-4-2-5-10-16/h2,4-5,8-10,12,14-15H,3,6-7,11,13H2,1H3. The first-order chi connectivity index (χ1) is 16.7. The van der Waals surface area contributed by atoms with Gasteiger partial charge in [-0.25, -0.2) is 4.98 Å². The average Bonchev–Trinajstić information content (AvgIpc) is 3.58. The van der Waals surface area contributed by atoms with Crippen LogP contribution in [0.4, 0.5) is 0 Å². The molecule has 1 unspecified atom stereocenters. The number of benzene rings is 1. The van der Waals surface area contributed by atoms with Crippen LogP contribution >= 0.6 is 23.1 Å². The van der Waals surface area contributed by atoms with Crippen molar-refractivity contribution in [3.63, 3.8) is 0 Å². The Bertz CT molecular complexity index is 1450. The SMILES string of the molecule is CC(Sc1nc2nn(-c3ccccc3)c(=O)c-2c2n1CCCCC2)c1nnc(-c2cccs2)o1. The molecule has 0 aliphatic carbocycles. The lowest BCUT2D eigenvalue weighted by atomic mass is 10.1. The summed E-state index contributed by atoms with van der Waals surface area (Å²) in [7, 11) is 0. The van der Waals surface area contributed by atoms with Crippen molar-refractivity contribution in [3.8, 4) is 27.8 Å². The summed E-state index contributed by atoms with van der Waals surface area (Å²) >= 11 is 3.13. The van der Waals surface area contributed by atoms with Gasteiger partial charge in [-0.15, -0.1) is 26.6 Å². The Balaban J connectivity index is 1.42. The number of thiophene rings is 1. The highest BCUT2D eigenvalue weighted by Crippen LogP contribution is 2.38. The average molecular weight is 491 g/mol. The maximum absolute atomic E-state index is 13.4. The first-order valence-corrected chi connectivity index (χ1v) is 13.1. The van der Waals surface area contributed by atoms with Gasteiger partial charge in [0.15, 0.2) is 11.0 Å². The minimum Gasteiger partial charge on any atom is -0.419 e. The maximum Gasteiger partial charge on any atom is 0.284 e. The molecule has 5 heterocycles. The second kappa shape index (κ2) is 8.84. The molecule has 3 aromatic rings. The summed E-state index contributed by atoms with van der Waals surface area (Å²) in [5.41, 5.74) is 2.28. The first kappa shape index (κ1) is 21.3. The minimum absolute atomic E-state index is 0.103. The Kier molecular flexibility index (Phi) is 5.54. The van der Waals surface area contributed by atoms with Gasteiger partial charge in [0.2, 0.25) is 5.89 Å². The van der Waals surface area contributed by atoms with E-state index in [1.54, 1.807) is 23.1 Å². The molecule has 0 radical (unpaired) electrons. The Morgan fingerprint density at radius 1 is 1.09 bits per heavy atom. The van der Waals surface area contributed by atoms with E-state index >= 15 is 0 Å². The molecule has 0 N–H and O–H groups in total.